The summed E-state index contributed by atoms with van der Waals surface area (Å²) < 4.78 is 11.7. The monoisotopic (exact) mass is 233 g/mol. The van der Waals surface area contributed by atoms with Gasteiger partial charge in [0.15, 0.2) is 6.29 Å². The first-order valence-electron chi connectivity index (χ1n) is 4.99. The fraction of sp³-hybridized carbons (Fsp3) is 0.167. The number of aldehydes is 1. The zero-order chi connectivity index (χ0) is 11.5. The molecule has 0 aliphatic carbocycles. The number of benzene rings is 1. The Morgan fingerprint density at radius 1 is 1.38 bits per heavy atom. The highest BCUT2D eigenvalue weighted by Crippen LogP contribution is 2.18. The molecule has 0 radical (unpaired) electrons. The number of hydrogen-bond acceptors (Lipinski definition) is 3. The molecule has 1 heterocycles. The van der Waals surface area contributed by atoms with E-state index in [4.69, 9.17) is 0 Å². The van der Waals surface area contributed by atoms with E-state index in [-0.39, 0.29) is 5.69 Å². The van der Waals surface area contributed by atoms with Crippen LogP contribution in [-0.4, -0.2) is 21.2 Å². The van der Waals surface area contributed by atoms with Crippen molar-refractivity contribution in [3.8, 4) is 0 Å². The van der Waals surface area contributed by atoms with Gasteiger partial charge in [-0.2, -0.15) is 0 Å². The van der Waals surface area contributed by atoms with Gasteiger partial charge in [0.2, 0.25) is 0 Å². The number of fused-ring (bicyclic) bond motifs is 1. The number of carbonyl (C=O) groups is 1. The van der Waals surface area contributed by atoms with Crippen molar-refractivity contribution in [1.82, 2.24) is 4.98 Å². The fourth-order valence-corrected chi connectivity index (χ4v) is 2.43. The van der Waals surface area contributed by atoms with Crippen molar-refractivity contribution in [2.75, 3.05) is 5.75 Å². The van der Waals surface area contributed by atoms with E-state index >= 15 is 0 Å². The van der Waals surface area contributed by atoms with Crippen molar-refractivity contribution in [2.24, 2.45) is 0 Å². The summed E-state index contributed by atoms with van der Waals surface area (Å²) in [4.78, 5) is 15.6. The molecule has 1 aromatic carbocycles. The van der Waals surface area contributed by atoms with Gasteiger partial charge in [-0.3, -0.25) is 9.00 Å². The summed E-state index contributed by atoms with van der Waals surface area (Å²) in [6, 6.07) is 9.27. The molecule has 16 heavy (non-hydrogen) atoms. The molecular weight excluding hydrogens is 222 g/mol. The van der Waals surface area contributed by atoms with Crippen molar-refractivity contribution >= 4 is 28.0 Å². The van der Waals surface area contributed by atoms with Crippen molar-refractivity contribution in [2.45, 2.75) is 11.8 Å². The molecule has 3 nitrogen and oxygen atoms in total. The minimum atomic E-state index is -1.15. The highest BCUT2D eigenvalue weighted by atomic mass is 32.2. The first-order chi connectivity index (χ1) is 7.76. The molecule has 0 saturated heterocycles. The normalized spacial score (nSPS) is 12.6. The van der Waals surface area contributed by atoms with Crippen LogP contribution in [0.15, 0.2) is 35.2 Å². The Morgan fingerprint density at radius 2 is 2.12 bits per heavy atom. The summed E-state index contributed by atoms with van der Waals surface area (Å²) in [5.74, 6) is 0.487. The number of nitrogens with zero attached hydrogens (tertiary/aromatic N) is 1. The molecule has 0 saturated carbocycles. The molecule has 2 rings (SSSR count). The molecule has 0 spiro atoms. The molecule has 82 valence electrons. The van der Waals surface area contributed by atoms with Crippen LogP contribution in [0.4, 0.5) is 0 Å². The number of pyridine rings is 1. The van der Waals surface area contributed by atoms with Gasteiger partial charge in [0.25, 0.3) is 0 Å². The van der Waals surface area contributed by atoms with Crippen molar-refractivity contribution in [3.63, 3.8) is 0 Å². The molecule has 4 heteroatoms. The minimum absolute atomic E-state index is 0.277. The SMILES string of the molecule is CCS(=O)c1cc2ccccc2nc1C=O. The number of rotatable bonds is 3. The lowest BCUT2D eigenvalue weighted by atomic mass is 10.2. The Bertz CT molecular complexity index is 566. The van der Waals surface area contributed by atoms with Crippen LogP contribution in [0.25, 0.3) is 10.9 Å². The summed E-state index contributed by atoms with van der Waals surface area (Å²) in [7, 11) is -1.15. The minimum Gasteiger partial charge on any atom is -0.296 e. The Kier molecular flexibility index (Phi) is 3.10. The first-order valence-corrected chi connectivity index (χ1v) is 6.31. The largest absolute Gasteiger partial charge is 0.296 e. The molecule has 1 aromatic heterocycles. The Labute approximate surface area is 96.0 Å². The molecule has 0 fully saturated rings. The van der Waals surface area contributed by atoms with Gasteiger partial charge in [0.1, 0.15) is 5.69 Å². The summed E-state index contributed by atoms with van der Waals surface area (Å²) in [6.07, 6.45) is 0.662. The zero-order valence-corrected chi connectivity index (χ0v) is 9.66. The topological polar surface area (TPSA) is 47.0 Å². The average Bonchev–Trinajstić information content (AvgIpc) is 2.36. The maximum absolute atomic E-state index is 11.7. The van der Waals surface area contributed by atoms with Gasteiger partial charge >= 0.3 is 0 Å². The van der Waals surface area contributed by atoms with Crippen molar-refractivity contribution < 1.29 is 9.00 Å². The third kappa shape index (κ3) is 1.88. The van der Waals surface area contributed by atoms with Gasteiger partial charge in [0.05, 0.1) is 21.2 Å². The summed E-state index contributed by atoms with van der Waals surface area (Å²) in [5.41, 5.74) is 1.03. The lowest BCUT2D eigenvalue weighted by molar-refractivity contribution is 0.111. The fourth-order valence-electron chi connectivity index (χ4n) is 1.53. The van der Waals surface area contributed by atoms with Gasteiger partial charge in [-0.05, 0) is 12.1 Å². The maximum atomic E-state index is 11.7. The lowest BCUT2D eigenvalue weighted by Crippen LogP contribution is -2.02. The third-order valence-corrected chi connectivity index (χ3v) is 3.68. The van der Waals surface area contributed by atoms with E-state index in [1.807, 2.05) is 31.2 Å². The summed E-state index contributed by atoms with van der Waals surface area (Å²) >= 11 is 0. The third-order valence-electron chi connectivity index (χ3n) is 2.34. The van der Waals surface area contributed by atoms with E-state index in [2.05, 4.69) is 4.98 Å². The predicted octanol–water partition coefficient (Wildman–Crippen LogP) is 2.17. The van der Waals surface area contributed by atoms with Crippen LogP contribution in [0.3, 0.4) is 0 Å². The maximum Gasteiger partial charge on any atom is 0.169 e. The predicted molar refractivity (Wildman–Crippen MR) is 64.1 cm³/mol. The average molecular weight is 233 g/mol. The van der Waals surface area contributed by atoms with Gasteiger partial charge in [0, 0.05) is 11.1 Å². The second kappa shape index (κ2) is 4.53. The van der Waals surface area contributed by atoms with Crippen LogP contribution in [0.1, 0.15) is 17.4 Å². The van der Waals surface area contributed by atoms with E-state index in [1.54, 1.807) is 6.07 Å². The Hall–Kier alpha value is -1.55. The van der Waals surface area contributed by atoms with Crippen LogP contribution >= 0.6 is 0 Å². The van der Waals surface area contributed by atoms with E-state index < -0.39 is 10.8 Å². The summed E-state index contributed by atoms with van der Waals surface area (Å²) in [5, 5.41) is 0.907. The van der Waals surface area contributed by atoms with Crippen LogP contribution < -0.4 is 0 Å². The molecule has 0 N–H and O–H groups in total. The van der Waals surface area contributed by atoms with Crippen LogP contribution in [0, 0.1) is 0 Å². The number of carbonyl (C=O) groups excluding carboxylic acids is 1. The van der Waals surface area contributed by atoms with Gasteiger partial charge in [-0.1, -0.05) is 25.1 Å². The summed E-state index contributed by atoms with van der Waals surface area (Å²) in [6.45, 7) is 1.82. The zero-order valence-electron chi connectivity index (χ0n) is 8.84. The first kappa shape index (κ1) is 11.0. The van der Waals surface area contributed by atoms with Crippen molar-refractivity contribution in [1.29, 1.82) is 0 Å². The van der Waals surface area contributed by atoms with Gasteiger partial charge < -0.3 is 0 Å². The van der Waals surface area contributed by atoms with E-state index in [9.17, 15) is 9.00 Å². The smallest absolute Gasteiger partial charge is 0.169 e. The van der Waals surface area contributed by atoms with E-state index in [0.717, 1.165) is 10.9 Å². The van der Waals surface area contributed by atoms with E-state index in [1.165, 1.54) is 0 Å². The molecule has 0 bridgehead atoms. The highest BCUT2D eigenvalue weighted by Gasteiger charge is 2.10. The molecular formula is C12H11NO2S. The standard InChI is InChI=1S/C12H11NO2S/c1-2-16(15)12-7-9-5-3-4-6-10(9)13-11(12)8-14/h3-8H,2H2,1H3. The van der Waals surface area contributed by atoms with Crippen LogP contribution in [0.5, 0.6) is 0 Å². The van der Waals surface area contributed by atoms with Gasteiger partial charge in [-0.15, -0.1) is 0 Å². The van der Waals surface area contributed by atoms with Crippen LogP contribution in [-0.2, 0) is 10.8 Å². The second-order valence-electron chi connectivity index (χ2n) is 3.32. The second-order valence-corrected chi connectivity index (χ2v) is 5.02. The van der Waals surface area contributed by atoms with Gasteiger partial charge in [-0.25, -0.2) is 4.98 Å². The quantitative estimate of drug-likeness (QED) is 0.763. The van der Waals surface area contributed by atoms with Crippen molar-refractivity contribution in [3.05, 3.63) is 36.0 Å². The number of hydrogen-bond donors (Lipinski definition) is 0. The molecule has 0 amide bonds. The molecule has 1 atom stereocenters. The highest BCUT2D eigenvalue weighted by molar-refractivity contribution is 7.85. The van der Waals surface area contributed by atoms with Crippen LogP contribution in [0.2, 0.25) is 0 Å². The molecule has 1 unspecified atom stereocenters. The number of para-hydroxylation sites is 1. The molecule has 0 aliphatic heterocycles. The Morgan fingerprint density at radius 3 is 2.81 bits per heavy atom. The Balaban J connectivity index is 2.72. The molecule has 0 aliphatic rings. The van der Waals surface area contributed by atoms with E-state index in [0.29, 0.717) is 16.9 Å². The number of aromatic nitrogens is 1. The molecule has 2 aromatic rings. The lowest BCUT2D eigenvalue weighted by Gasteiger charge is -2.04.